The average molecular weight is 375 g/mol. The highest BCUT2D eigenvalue weighted by Gasteiger charge is 2.37. The number of amides is 2. The number of anilines is 1. The van der Waals surface area contributed by atoms with Gasteiger partial charge in [0.1, 0.15) is 5.92 Å². The number of hydrogen-bond acceptors (Lipinski definition) is 3. The maximum atomic E-state index is 12.6. The van der Waals surface area contributed by atoms with Crippen LogP contribution in [0.4, 0.5) is 5.69 Å². The second-order valence-corrected chi connectivity index (χ2v) is 7.19. The molecule has 0 bridgehead atoms. The van der Waals surface area contributed by atoms with Gasteiger partial charge in [0, 0.05) is 28.7 Å². The number of nitrogens with zero attached hydrogens (tertiary/aromatic N) is 1. The Kier molecular flexibility index (Phi) is 5.66. The van der Waals surface area contributed by atoms with Crippen molar-refractivity contribution < 1.29 is 9.59 Å². The maximum absolute atomic E-state index is 12.6. The van der Waals surface area contributed by atoms with Crippen LogP contribution >= 0.6 is 23.4 Å². The molecule has 1 fully saturated rings. The fraction of sp³-hybridized carbons (Fsp3) is 0.263. The van der Waals surface area contributed by atoms with Crippen molar-refractivity contribution in [3.63, 3.8) is 0 Å². The number of carbonyl (C=O) groups is 2. The molecule has 0 radical (unpaired) electrons. The molecule has 3 rings (SSSR count). The van der Waals surface area contributed by atoms with Crippen molar-refractivity contribution in [2.75, 3.05) is 17.7 Å². The fourth-order valence-electron chi connectivity index (χ4n) is 2.86. The monoisotopic (exact) mass is 374 g/mol. The van der Waals surface area contributed by atoms with E-state index in [2.05, 4.69) is 5.32 Å². The zero-order chi connectivity index (χ0) is 17.8. The van der Waals surface area contributed by atoms with E-state index in [-0.39, 0.29) is 11.8 Å². The van der Waals surface area contributed by atoms with Gasteiger partial charge in [-0.05, 0) is 54.6 Å². The first-order chi connectivity index (χ1) is 12.1. The summed E-state index contributed by atoms with van der Waals surface area (Å²) in [5.74, 6) is -0.992. The number of carbonyl (C=O) groups excluding carboxylic acids is 2. The molecule has 130 valence electrons. The van der Waals surface area contributed by atoms with E-state index >= 15 is 0 Å². The minimum atomic E-state index is -0.624. The van der Waals surface area contributed by atoms with E-state index in [4.69, 9.17) is 11.6 Å². The van der Waals surface area contributed by atoms with Gasteiger partial charge in [0.15, 0.2) is 0 Å². The Labute approximate surface area is 156 Å². The maximum Gasteiger partial charge on any atom is 0.239 e. The molecule has 1 N–H and O–H groups in total. The van der Waals surface area contributed by atoms with Crippen LogP contribution in [0.15, 0.2) is 53.4 Å². The summed E-state index contributed by atoms with van der Waals surface area (Å²) in [6.45, 7) is 0.971. The summed E-state index contributed by atoms with van der Waals surface area (Å²) in [5, 5.41) is 3.50. The summed E-state index contributed by atoms with van der Waals surface area (Å²) in [6, 6.07) is 15.1. The Hall–Kier alpha value is -1.98. The Morgan fingerprint density at radius 2 is 1.88 bits per heavy atom. The highest BCUT2D eigenvalue weighted by molar-refractivity contribution is 7.98. The summed E-state index contributed by atoms with van der Waals surface area (Å²) in [4.78, 5) is 27.8. The average Bonchev–Trinajstić information content (AvgIpc) is 3.02. The minimum Gasteiger partial charge on any atom is -0.351 e. The van der Waals surface area contributed by atoms with Crippen LogP contribution in [-0.4, -0.2) is 24.6 Å². The lowest BCUT2D eigenvalue weighted by atomic mass is 10.1. The molecule has 1 heterocycles. The van der Waals surface area contributed by atoms with E-state index in [0.29, 0.717) is 24.5 Å². The van der Waals surface area contributed by atoms with Crippen molar-refractivity contribution in [1.82, 2.24) is 5.32 Å². The molecular weight excluding hydrogens is 356 g/mol. The van der Waals surface area contributed by atoms with E-state index in [1.807, 2.05) is 30.5 Å². The summed E-state index contributed by atoms with van der Waals surface area (Å²) in [5.41, 5.74) is 1.79. The first-order valence-corrected chi connectivity index (χ1v) is 9.66. The van der Waals surface area contributed by atoms with E-state index in [0.717, 1.165) is 11.3 Å². The Morgan fingerprint density at radius 3 is 2.52 bits per heavy atom. The predicted molar refractivity (Wildman–Crippen MR) is 102 cm³/mol. The molecule has 1 aliphatic rings. The molecule has 1 atom stereocenters. The third-order valence-corrected chi connectivity index (χ3v) is 5.28. The van der Waals surface area contributed by atoms with Crippen molar-refractivity contribution in [3.8, 4) is 0 Å². The summed E-state index contributed by atoms with van der Waals surface area (Å²) >= 11 is 7.56. The topological polar surface area (TPSA) is 49.4 Å². The van der Waals surface area contributed by atoms with E-state index in [9.17, 15) is 9.59 Å². The largest absolute Gasteiger partial charge is 0.351 e. The van der Waals surface area contributed by atoms with Gasteiger partial charge >= 0.3 is 0 Å². The first-order valence-electron chi connectivity index (χ1n) is 8.06. The number of thioether (sulfide) groups is 1. The van der Waals surface area contributed by atoms with Gasteiger partial charge in [0.05, 0.1) is 0 Å². The van der Waals surface area contributed by atoms with Gasteiger partial charge in [-0.1, -0.05) is 23.7 Å². The smallest absolute Gasteiger partial charge is 0.239 e. The number of hydrogen-bond donors (Lipinski definition) is 1. The molecule has 1 unspecified atom stereocenters. The lowest BCUT2D eigenvalue weighted by Crippen LogP contribution is -2.36. The molecule has 2 aromatic carbocycles. The van der Waals surface area contributed by atoms with Crippen LogP contribution in [-0.2, 0) is 16.1 Å². The summed E-state index contributed by atoms with van der Waals surface area (Å²) in [6.07, 6.45) is 2.55. The predicted octanol–water partition coefficient (Wildman–Crippen LogP) is 3.73. The van der Waals surface area contributed by atoms with Gasteiger partial charge in [-0.3, -0.25) is 9.59 Å². The standard InChI is InChI=1S/C19H19ClN2O2S/c1-25-16-8-2-13(3-9-16)12-21-18(23)17-10-11-22(19(17)24)15-6-4-14(20)5-7-15/h2-9,17H,10-12H2,1H3,(H,21,23). The van der Waals surface area contributed by atoms with Gasteiger partial charge in [-0.25, -0.2) is 0 Å². The highest BCUT2D eigenvalue weighted by Crippen LogP contribution is 2.26. The van der Waals surface area contributed by atoms with Crippen LogP contribution in [0.2, 0.25) is 5.02 Å². The van der Waals surface area contributed by atoms with Gasteiger partial charge in [0.25, 0.3) is 0 Å². The molecule has 4 nitrogen and oxygen atoms in total. The normalized spacial score (nSPS) is 17.0. The molecule has 25 heavy (non-hydrogen) atoms. The minimum absolute atomic E-state index is 0.155. The van der Waals surface area contributed by atoms with Crippen LogP contribution in [0.25, 0.3) is 0 Å². The summed E-state index contributed by atoms with van der Waals surface area (Å²) in [7, 11) is 0. The van der Waals surface area contributed by atoms with E-state index in [1.165, 1.54) is 4.90 Å². The van der Waals surface area contributed by atoms with Crippen molar-refractivity contribution in [2.24, 2.45) is 5.92 Å². The molecule has 2 amide bonds. The molecule has 0 saturated carbocycles. The number of rotatable bonds is 5. The van der Waals surface area contributed by atoms with Crippen LogP contribution < -0.4 is 10.2 Å². The zero-order valence-electron chi connectivity index (χ0n) is 13.9. The molecule has 0 aromatic heterocycles. The van der Waals surface area contributed by atoms with Gasteiger partial charge in [-0.2, -0.15) is 0 Å². The Balaban J connectivity index is 1.59. The molecule has 1 saturated heterocycles. The first kappa shape index (κ1) is 17.8. The summed E-state index contributed by atoms with van der Waals surface area (Å²) < 4.78 is 0. The quantitative estimate of drug-likeness (QED) is 0.640. The Bertz CT molecular complexity index is 762. The van der Waals surface area contributed by atoms with Gasteiger partial charge in [-0.15, -0.1) is 11.8 Å². The van der Waals surface area contributed by atoms with Crippen LogP contribution in [0.3, 0.4) is 0 Å². The van der Waals surface area contributed by atoms with E-state index < -0.39 is 5.92 Å². The van der Waals surface area contributed by atoms with Crippen LogP contribution in [0, 0.1) is 5.92 Å². The van der Waals surface area contributed by atoms with Crippen molar-refractivity contribution in [2.45, 2.75) is 17.9 Å². The number of benzene rings is 2. The SMILES string of the molecule is CSc1ccc(CNC(=O)C2CCN(c3ccc(Cl)cc3)C2=O)cc1. The lowest BCUT2D eigenvalue weighted by Gasteiger charge is -2.17. The van der Waals surface area contributed by atoms with E-state index in [1.54, 1.807) is 40.9 Å². The second-order valence-electron chi connectivity index (χ2n) is 5.87. The third kappa shape index (κ3) is 4.17. The van der Waals surface area contributed by atoms with Crippen LogP contribution in [0.1, 0.15) is 12.0 Å². The van der Waals surface area contributed by atoms with Gasteiger partial charge < -0.3 is 10.2 Å². The highest BCUT2D eigenvalue weighted by atomic mass is 35.5. The molecule has 0 aliphatic carbocycles. The molecule has 6 heteroatoms. The molecular formula is C19H19ClN2O2S. The fourth-order valence-corrected chi connectivity index (χ4v) is 3.39. The lowest BCUT2D eigenvalue weighted by molar-refractivity contribution is -0.132. The third-order valence-electron chi connectivity index (χ3n) is 4.29. The second kappa shape index (κ2) is 7.93. The van der Waals surface area contributed by atoms with Crippen LogP contribution in [0.5, 0.6) is 0 Å². The number of nitrogens with one attached hydrogen (secondary N) is 1. The van der Waals surface area contributed by atoms with Crippen molar-refractivity contribution in [3.05, 3.63) is 59.1 Å². The van der Waals surface area contributed by atoms with Crippen molar-refractivity contribution >= 4 is 40.9 Å². The van der Waals surface area contributed by atoms with Gasteiger partial charge in [0.2, 0.25) is 11.8 Å². The number of halogens is 1. The molecule has 1 aliphatic heterocycles. The Morgan fingerprint density at radius 1 is 1.20 bits per heavy atom. The molecule has 2 aromatic rings. The zero-order valence-corrected chi connectivity index (χ0v) is 15.4. The molecule has 0 spiro atoms. The van der Waals surface area contributed by atoms with Crippen molar-refractivity contribution in [1.29, 1.82) is 0 Å².